The minimum atomic E-state index is -1.82. The average Bonchev–Trinajstić information content (AvgIpc) is 2.56. The summed E-state index contributed by atoms with van der Waals surface area (Å²) in [6.45, 7) is 7.88. The van der Waals surface area contributed by atoms with E-state index in [4.69, 9.17) is 0 Å². The first kappa shape index (κ1) is 25.9. The van der Waals surface area contributed by atoms with Crippen molar-refractivity contribution < 1.29 is 24.3 Å². The van der Waals surface area contributed by atoms with Gasteiger partial charge in [-0.1, -0.05) is 71.6 Å². The van der Waals surface area contributed by atoms with E-state index in [1.165, 1.54) is 51.4 Å². The number of likely N-dealkylation sites (N-methyl/N-ethyl adjacent to an activating group) is 1. The first-order valence-electron chi connectivity index (χ1n) is 10.8. The van der Waals surface area contributed by atoms with E-state index in [9.17, 15) is 19.8 Å². The fourth-order valence-electron chi connectivity index (χ4n) is 4.11. The van der Waals surface area contributed by atoms with Crippen molar-refractivity contribution in [2.75, 3.05) is 14.1 Å². The first-order chi connectivity index (χ1) is 12.5. The zero-order valence-electron chi connectivity index (χ0n) is 18.6. The molecular weight excluding hydrogens is 342 g/mol. The number of quaternary nitrogens is 1. The lowest BCUT2D eigenvalue weighted by Gasteiger charge is -2.52. The molecule has 0 heterocycles. The third kappa shape index (κ3) is 6.48. The Kier molecular flexibility index (Phi) is 11.2. The lowest BCUT2D eigenvalue weighted by atomic mass is 9.82. The van der Waals surface area contributed by atoms with Gasteiger partial charge in [0.05, 0.1) is 19.6 Å². The topological polar surface area (TPSA) is 74.6 Å². The highest BCUT2D eigenvalue weighted by Gasteiger charge is 2.63. The van der Waals surface area contributed by atoms with Crippen molar-refractivity contribution in [2.24, 2.45) is 0 Å². The molecule has 0 atom stereocenters. The Morgan fingerprint density at radius 1 is 0.741 bits per heavy atom. The Morgan fingerprint density at radius 2 is 1.11 bits per heavy atom. The van der Waals surface area contributed by atoms with Gasteiger partial charge in [0, 0.05) is 12.8 Å². The molecule has 0 rings (SSSR count). The highest BCUT2D eigenvalue weighted by Crippen LogP contribution is 2.38. The maximum Gasteiger partial charge on any atom is 0.377 e. The van der Waals surface area contributed by atoms with Crippen LogP contribution in [0.1, 0.15) is 105 Å². The minimum Gasteiger partial charge on any atom is -0.476 e. The molecule has 0 saturated heterocycles. The first-order valence-corrected chi connectivity index (χ1v) is 10.8. The quantitative estimate of drug-likeness (QED) is 0.209. The summed E-state index contributed by atoms with van der Waals surface area (Å²) in [4.78, 5) is 23.9. The van der Waals surface area contributed by atoms with Crippen molar-refractivity contribution in [1.82, 2.24) is 0 Å². The number of hydrogen-bond acceptors (Lipinski definition) is 2. The van der Waals surface area contributed by atoms with E-state index in [0.717, 1.165) is 19.3 Å². The van der Waals surface area contributed by atoms with Crippen LogP contribution in [-0.4, -0.2) is 51.8 Å². The molecule has 2 N–H and O–H groups in total. The van der Waals surface area contributed by atoms with Crippen LogP contribution in [0.5, 0.6) is 0 Å². The minimum absolute atomic E-state index is 0.0569. The Bertz CT molecular complexity index is 443. The molecule has 0 aliphatic heterocycles. The van der Waals surface area contributed by atoms with Gasteiger partial charge in [-0.15, -0.1) is 0 Å². The summed E-state index contributed by atoms with van der Waals surface area (Å²) in [5.41, 5.74) is -2.26. The maximum atomic E-state index is 11.9. The molecule has 0 aliphatic rings. The predicted octanol–water partition coefficient (Wildman–Crippen LogP) is 5.47. The van der Waals surface area contributed by atoms with Gasteiger partial charge in [0.25, 0.3) is 5.54 Å². The van der Waals surface area contributed by atoms with E-state index >= 15 is 0 Å². The summed E-state index contributed by atoms with van der Waals surface area (Å²) in [6.07, 6.45) is 13.4. The summed E-state index contributed by atoms with van der Waals surface area (Å²) < 4.78 is -0.0569. The Balaban J connectivity index is 4.56. The molecule has 0 spiro atoms. The van der Waals surface area contributed by atoms with Crippen LogP contribution in [0.15, 0.2) is 0 Å². The molecule has 5 heteroatoms. The lowest BCUT2D eigenvalue weighted by molar-refractivity contribution is -0.968. The van der Waals surface area contributed by atoms with Gasteiger partial charge >= 0.3 is 11.9 Å². The number of unbranched alkanes of at least 4 members (excludes halogenated alkanes) is 9. The third-order valence-electron chi connectivity index (χ3n) is 6.83. The molecule has 0 aromatic carbocycles. The molecule has 0 aromatic heterocycles. The van der Waals surface area contributed by atoms with E-state index < -0.39 is 23.0 Å². The molecular formula is C22H44NO4+. The molecule has 0 bridgehead atoms. The molecule has 0 amide bonds. The fourth-order valence-corrected chi connectivity index (χ4v) is 4.11. The van der Waals surface area contributed by atoms with Crippen LogP contribution in [0.2, 0.25) is 0 Å². The van der Waals surface area contributed by atoms with Gasteiger partial charge in [0.2, 0.25) is 0 Å². The number of hydrogen-bond donors (Lipinski definition) is 2. The predicted molar refractivity (Wildman–Crippen MR) is 111 cm³/mol. The van der Waals surface area contributed by atoms with Gasteiger partial charge in [-0.2, -0.15) is 0 Å². The molecule has 0 fully saturated rings. The lowest BCUT2D eigenvalue weighted by Crippen LogP contribution is -2.74. The van der Waals surface area contributed by atoms with Crippen LogP contribution in [0.4, 0.5) is 0 Å². The Labute approximate surface area is 166 Å². The Morgan fingerprint density at radius 3 is 1.44 bits per heavy atom. The van der Waals surface area contributed by atoms with E-state index in [-0.39, 0.29) is 10.9 Å². The van der Waals surface area contributed by atoms with Crippen LogP contribution in [0, 0.1) is 0 Å². The van der Waals surface area contributed by atoms with E-state index in [1.54, 1.807) is 21.0 Å². The van der Waals surface area contributed by atoms with Crippen LogP contribution in [0.3, 0.4) is 0 Å². The number of aliphatic carboxylic acids is 2. The fraction of sp³-hybridized carbons (Fsp3) is 0.909. The number of nitrogens with zero attached hydrogens (tertiary/aromatic N) is 1. The third-order valence-corrected chi connectivity index (χ3v) is 6.83. The van der Waals surface area contributed by atoms with Crippen LogP contribution >= 0.6 is 0 Å². The largest absolute Gasteiger partial charge is 0.476 e. The van der Waals surface area contributed by atoms with E-state index in [1.807, 2.05) is 13.8 Å². The van der Waals surface area contributed by atoms with Crippen LogP contribution < -0.4 is 0 Å². The number of rotatable bonds is 16. The van der Waals surface area contributed by atoms with Crippen molar-refractivity contribution in [3.05, 3.63) is 0 Å². The second kappa shape index (κ2) is 11.7. The van der Waals surface area contributed by atoms with Gasteiger partial charge in [-0.3, -0.25) is 0 Å². The van der Waals surface area contributed by atoms with Crippen molar-refractivity contribution in [3.8, 4) is 0 Å². The van der Waals surface area contributed by atoms with Gasteiger partial charge in [-0.05, 0) is 20.3 Å². The molecule has 0 radical (unpaired) electrons. The Hall–Kier alpha value is -1.10. The van der Waals surface area contributed by atoms with Crippen molar-refractivity contribution >= 4 is 11.9 Å². The maximum absolute atomic E-state index is 11.9. The molecule has 0 aromatic rings. The van der Waals surface area contributed by atoms with Crippen molar-refractivity contribution in [3.63, 3.8) is 0 Å². The van der Waals surface area contributed by atoms with Crippen molar-refractivity contribution in [2.45, 2.75) is 116 Å². The van der Waals surface area contributed by atoms with Crippen LogP contribution in [-0.2, 0) is 9.59 Å². The summed E-state index contributed by atoms with van der Waals surface area (Å²) in [7, 11) is 3.50. The number of carbonyl (C=O) groups is 2. The SMILES string of the molecule is CCCCCCCCCCCCC(C)(C)[N+](C)(C)C(CC)(C(=O)O)C(=O)O. The van der Waals surface area contributed by atoms with Gasteiger partial charge in [-0.25, -0.2) is 9.59 Å². The zero-order valence-corrected chi connectivity index (χ0v) is 18.6. The molecule has 5 nitrogen and oxygen atoms in total. The van der Waals surface area contributed by atoms with E-state index in [0.29, 0.717) is 0 Å². The average molecular weight is 387 g/mol. The van der Waals surface area contributed by atoms with Crippen molar-refractivity contribution in [1.29, 1.82) is 0 Å². The monoisotopic (exact) mass is 386 g/mol. The zero-order chi connectivity index (χ0) is 21.1. The smallest absolute Gasteiger partial charge is 0.377 e. The highest BCUT2D eigenvalue weighted by molar-refractivity contribution is 6.01. The van der Waals surface area contributed by atoms with Gasteiger partial charge in [0.1, 0.15) is 0 Å². The number of carboxylic acid groups (broad SMARTS) is 2. The summed E-state index contributed by atoms with van der Waals surface area (Å²) in [5.74, 6) is -2.50. The van der Waals surface area contributed by atoms with Crippen LogP contribution in [0.25, 0.3) is 0 Å². The second-order valence-corrected chi connectivity index (χ2v) is 9.02. The summed E-state index contributed by atoms with van der Waals surface area (Å²) in [5, 5.41) is 19.5. The molecule has 0 unspecified atom stereocenters. The molecule has 160 valence electrons. The summed E-state index contributed by atoms with van der Waals surface area (Å²) >= 11 is 0. The molecule has 27 heavy (non-hydrogen) atoms. The normalized spacial score (nSPS) is 13.0. The highest BCUT2D eigenvalue weighted by atomic mass is 16.4. The van der Waals surface area contributed by atoms with E-state index in [2.05, 4.69) is 6.92 Å². The molecule has 0 aliphatic carbocycles. The standard InChI is InChI=1S/C22H43NO4/c1-7-9-10-11-12-13-14-15-16-17-18-21(3,4)23(5,6)22(8-2,19(24)25)20(26)27/h7-18H2,1-6H3,(H-,24,25,26,27)/p+1. The summed E-state index contributed by atoms with van der Waals surface area (Å²) in [6, 6.07) is 0. The molecule has 0 saturated carbocycles. The van der Waals surface area contributed by atoms with Gasteiger partial charge in [0.15, 0.2) is 0 Å². The van der Waals surface area contributed by atoms with Gasteiger partial charge < -0.3 is 14.7 Å². The second-order valence-electron chi connectivity index (χ2n) is 9.02. The number of carboxylic acids is 2.